The molecule has 3 N–H and O–H groups in total. The molecular formula is C15H21FN2O3. The number of halogens is 1. The highest BCUT2D eigenvalue weighted by Gasteiger charge is 2.19. The minimum atomic E-state index is -0.891. The third kappa shape index (κ3) is 5.51. The van der Waals surface area contributed by atoms with E-state index in [1.807, 2.05) is 13.8 Å². The Bertz CT molecular complexity index is 490. The molecule has 0 heterocycles. The Labute approximate surface area is 123 Å². The van der Waals surface area contributed by atoms with E-state index in [0.29, 0.717) is 0 Å². The molecule has 0 spiro atoms. The molecule has 2 amide bonds. The molecule has 0 aliphatic heterocycles. The largest absolute Gasteiger partial charge is 0.391 e. The van der Waals surface area contributed by atoms with Crippen molar-refractivity contribution in [1.29, 1.82) is 0 Å². The number of carbonyl (C=O) groups excluding carboxylic acids is 2. The lowest BCUT2D eigenvalue weighted by molar-refractivity contribution is -0.136. The Morgan fingerprint density at radius 2 is 1.90 bits per heavy atom. The molecule has 116 valence electrons. The highest BCUT2D eigenvalue weighted by Crippen LogP contribution is 2.12. The van der Waals surface area contributed by atoms with Crippen LogP contribution in [0.2, 0.25) is 0 Å². The molecule has 5 nitrogen and oxygen atoms in total. The fourth-order valence-electron chi connectivity index (χ4n) is 2.03. The van der Waals surface area contributed by atoms with Gasteiger partial charge in [-0.25, -0.2) is 4.39 Å². The number of benzene rings is 1. The summed E-state index contributed by atoms with van der Waals surface area (Å²) >= 11 is 0. The molecule has 0 aliphatic rings. The second kappa shape index (κ2) is 8.36. The van der Waals surface area contributed by atoms with Crippen molar-refractivity contribution in [1.82, 2.24) is 5.32 Å². The molecule has 0 fully saturated rings. The average Bonchev–Trinajstić information content (AvgIpc) is 2.46. The van der Waals surface area contributed by atoms with Crippen LogP contribution in [-0.4, -0.2) is 29.6 Å². The van der Waals surface area contributed by atoms with Crippen LogP contribution in [0.25, 0.3) is 0 Å². The van der Waals surface area contributed by atoms with Crippen LogP contribution in [0.15, 0.2) is 24.3 Å². The number of hydrogen-bond donors (Lipinski definition) is 3. The van der Waals surface area contributed by atoms with Crippen molar-refractivity contribution in [2.45, 2.75) is 32.8 Å². The number of aliphatic hydroxyl groups is 1. The average molecular weight is 296 g/mol. The summed E-state index contributed by atoms with van der Waals surface area (Å²) < 4.78 is 13.0. The first-order chi connectivity index (χ1) is 9.97. The highest BCUT2D eigenvalue weighted by atomic mass is 19.1. The summed E-state index contributed by atoms with van der Waals surface area (Å²) in [7, 11) is 0. The third-order valence-corrected chi connectivity index (χ3v) is 3.35. The fourth-order valence-corrected chi connectivity index (χ4v) is 2.03. The third-order valence-electron chi connectivity index (χ3n) is 3.35. The molecule has 6 heteroatoms. The Balaban J connectivity index is 2.46. The van der Waals surface area contributed by atoms with Gasteiger partial charge in [-0.05, 0) is 24.1 Å². The van der Waals surface area contributed by atoms with Crippen LogP contribution in [0.3, 0.4) is 0 Å². The SMILES string of the molecule is CCC(CC)C(O)CNC(=O)C(=O)Nc1cccc(F)c1. The molecule has 1 rings (SSSR count). The number of nitrogens with one attached hydrogen (secondary N) is 2. The van der Waals surface area contributed by atoms with Crippen LogP contribution in [0.1, 0.15) is 26.7 Å². The van der Waals surface area contributed by atoms with Gasteiger partial charge < -0.3 is 15.7 Å². The topological polar surface area (TPSA) is 78.4 Å². The second-order valence-electron chi connectivity index (χ2n) is 4.82. The number of carbonyl (C=O) groups is 2. The number of aliphatic hydroxyl groups excluding tert-OH is 1. The van der Waals surface area contributed by atoms with Gasteiger partial charge in [0.1, 0.15) is 5.82 Å². The smallest absolute Gasteiger partial charge is 0.313 e. The maximum atomic E-state index is 13.0. The first-order valence-electron chi connectivity index (χ1n) is 7.00. The molecule has 1 aromatic rings. The highest BCUT2D eigenvalue weighted by molar-refractivity contribution is 6.39. The summed E-state index contributed by atoms with van der Waals surface area (Å²) in [6, 6.07) is 5.26. The summed E-state index contributed by atoms with van der Waals surface area (Å²) in [5.41, 5.74) is 0.204. The zero-order chi connectivity index (χ0) is 15.8. The predicted octanol–water partition coefficient (Wildman–Crippen LogP) is 1.68. The monoisotopic (exact) mass is 296 g/mol. The van der Waals surface area contributed by atoms with Crippen molar-refractivity contribution in [2.75, 3.05) is 11.9 Å². The van der Waals surface area contributed by atoms with Crippen LogP contribution in [-0.2, 0) is 9.59 Å². The van der Waals surface area contributed by atoms with Crippen LogP contribution < -0.4 is 10.6 Å². The Kier molecular flexibility index (Phi) is 6.81. The molecule has 0 saturated heterocycles. The predicted molar refractivity (Wildman–Crippen MR) is 78.1 cm³/mol. The van der Waals surface area contributed by atoms with Gasteiger partial charge in [0.05, 0.1) is 6.10 Å². The summed E-state index contributed by atoms with van der Waals surface area (Å²) in [6.07, 6.45) is 0.900. The number of hydrogen-bond acceptors (Lipinski definition) is 3. The first-order valence-corrected chi connectivity index (χ1v) is 7.00. The van der Waals surface area contributed by atoms with Gasteiger partial charge in [-0.15, -0.1) is 0 Å². The van der Waals surface area contributed by atoms with Crippen LogP contribution >= 0.6 is 0 Å². The first kappa shape index (κ1) is 17.1. The Morgan fingerprint density at radius 1 is 1.24 bits per heavy atom. The normalized spacial score (nSPS) is 12.0. The van der Waals surface area contributed by atoms with E-state index < -0.39 is 23.7 Å². The summed E-state index contributed by atoms with van der Waals surface area (Å²) in [5.74, 6) is -2.17. The Hall–Kier alpha value is -1.95. The van der Waals surface area contributed by atoms with Gasteiger partial charge in [0.15, 0.2) is 0 Å². The summed E-state index contributed by atoms with van der Waals surface area (Å²) in [6.45, 7) is 3.92. The minimum Gasteiger partial charge on any atom is -0.391 e. The quantitative estimate of drug-likeness (QED) is 0.699. The lowest BCUT2D eigenvalue weighted by Crippen LogP contribution is -2.41. The molecule has 0 aromatic heterocycles. The van der Waals surface area contributed by atoms with Crippen molar-refractivity contribution in [3.63, 3.8) is 0 Å². The molecule has 0 radical (unpaired) electrons. The number of amides is 2. The molecule has 1 unspecified atom stereocenters. The van der Waals surface area contributed by atoms with E-state index in [0.717, 1.165) is 18.9 Å². The maximum absolute atomic E-state index is 13.0. The zero-order valence-electron chi connectivity index (χ0n) is 12.2. The van der Waals surface area contributed by atoms with Crippen molar-refractivity contribution < 1.29 is 19.1 Å². The van der Waals surface area contributed by atoms with Gasteiger partial charge in [-0.3, -0.25) is 9.59 Å². The molecule has 0 saturated carbocycles. The van der Waals surface area contributed by atoms with E-state index in [4.69, 9.17) is 0 Å². The van der Waals surface area contributed by atoms with Crippen molar-refractivity contribution in [3.05, 3.63) is 30.1 Å². The number of rotatable bonds is 6. The summed E-state index contributed by atoms with van der Waals surface area (Å²) in [5, 5.41) is 14.5. The second-order valence-corrected chi connectivity index (χ2v) is 4.82. The van der Waals surface area contributed by atoms with Gasteiger partial charge in [-0.2, -0.15) is 0 Å². The maximum Gasteiger partial charge on any atom is 0.313 e. The van der Waals surface area contributed by atoms with Crippen molar-refractivity contribution in [3.8, 4) is 0 Å². The fraction of sp³-hybridized carbons (Fsp3) is 0.467. The van der Waals surface area contributed by atoms with Gasteiger partial charge in [0.25, 0.3) is 0 Å². The Morgan fingerprint density at radius 3 is 2.48 bits per heavy atom. The van der Waals surface area contributed by atoms with E-state index in [-0.39, 0.29) is 18.2 Å². The summed E-state index contributed by atoms with van der Waals surface area (Å²) in [4.78, 5) is 23.2. The lowest BCUT2D eigenvalue weighted by atomic mass is 9.96. The van der Waals surface area contributed by atoms with E-state index in [1.54, 1.807) is 0 Å². The van der Waals surface area contributed by atoms with Crippen LogP contribution in [0.4, 0.5) is 10.1 Å². The van der Waals surface area contributed by atoms with E-state index >= 15 is 0 Å². The van der Waals surface area contributed by atoms with Crippen LogP contribution in [0.5, 0.6) is 0 Å². The molecule has 1 aromatic carbocycles. The van der Waals surface area contributed by atoms with E-state index in [9.17, 15) is 19.1 Å². The molecule has 1 atom stereocenters. The minimum absolute atomic E-state index is 0.0156. The molecular weight excluding hydrogens is 275 g/mol. The molecule has 0 aliphatic carbocycles. The number of anilines is 1. The standard InChI is InChI=1S/C15H21FN2O3/c1-3-10(4-2)13(19)9-17-14(20)15(21)18-12-7-5-6-11(16)8-12/h5-8,10,13,19H,3-4,9H2,1-2H3,(H,17,20)(H,18,21). The van der Waals surface area contributed by atoms with Crippen LogP contribution in [0, 0.1) is 11.7 Å². The van der Waals surface area contributed by atoms with Gasteiger partial charge in [-0.1, -0.05) is 32.8 Å². The van der Waals surface area contributed by atoms with Gasteiger partial charge >= 0.3 is 11.8 Å². The van der Waals surface area contributed by atoms with Crippen molar-refractivity contribution in [2.24, 2.45) is 5.92 Å². The molecule has 0 bridgehead atoms. The van der Waals surface area contributed by atoms with Gasteiger partial charge in [0.2, 0.25) is 0 Å². The zero-order valence-corrected chi connectivity index (χ0v) is 12.2. The lowest BCUT2D eigenvalue weighted by Gasteiger charge is -2.20. The van der Waals surface area contributed by atoms with E-state index in [1.165, 1.54) is 18.2 Å². The van der Waals surface area contributed by atoms with E-state index in [2.05, 4.69) is 10.6 Å². The van der Waals surface area contributed by atoms with Crippen molar-refractivity contribution >= 4 is 17.5 Å². The van der Waals surface area contributed by atoms with Gasteiger partial charge in [0, 0.05) is 12.2 Å². The molecule has 21 heavy (non-hydrogen) atoms.